The van der Waals surface area contributed by atoms with Crippen LogP contribution < -0.4 is 5.73 Å². The Bertz CT molecular complexity index is 481. The summed E-state index contributed by atoms with van der Waals surface area (Å²) in [5, 5.41) is 4.02. The molecule has 0 fully saturated rings. The van der Waals surface area contributed by atoms with Crippen molar-refractivity contribution in [1.29, 1.82) is 0 Å². The van der Waals surface area contributed by atoms with Gasteiger partial charge < -0.3 is 10.3 Å². The number of aromatic nitrogens is 2. The summed E-state index contributed by atoms with van der Waals surface area (Å²) in [6.07, 6.45) is 3.65. The van der Waals surface area contributed by atoms with Crippen LogP contribution in [0.25, 0.3) is 0 Å². The van der Waals surface area contributed by atoms with Crippen LogP contribution in [0.5, 0.6) is 0 Å². The molecule has 4 heteroatoms. The van der Waals surface area contributed by atoms with Gasteiger partial charge in [0.15, 0.2) is 5.82 Å². The van der Waals surface area contributed by atoms with Crippen molar-refractivity contribution in [3.8, 4) is 0 Å². The fourth-order valence-corrected chi connectivity index (χ4v) is 2.04. The first-order chi connectivity index (χ1) is 9.28. The summed E-state index contributed by atoms with van der Waals surface area (Å²) in [6, 6.07) is 10.2. The van der Waals surface area contributed by atoms with Crippen molar-refractivity contribution in [2.24, 2.45) is 11.7 Å². The molecule has 0 radical (unpaired) electrons. The minimum absolute atomic E-state index is 0.606. The third-order valence-corrected chi connectivity index (χ3v) is 3.23. The van der Waals surface area contributed by atoms with Crippen LogP contribution in [-0.4, -0.2) is 16.7 Å². The maximum atomic E-state index is 5.54. The van der Waals surface area contributed by atoms with Gasteiger partial charge in [-0.1, -0.05) is 42.4 Å². The first-order valence-electron chi connectivity index (χ1n) is 6.83. The van der Waals surface area contributed by atoms with Crippen molar-refractivity contribution in [1.82, 2.24) is 10.1 Å². The highest BCUT2D eigenvalue weighted by molar-refractivity contribution is 5.18. The van der Waals surface area contributed by atoms with Crippen molar-refractivity contribution in [3.05, 3.63) is 47.6 Å². The molecular formula is C15H21N3O. The van der Waals surface area contributed by atoms with Gasteiger partial charge in [0.25, 0.3) is 0 Å². The van der Waals surface area contributed by atoms with Crippen LogP contribution in [0, 0.1) is 5.92 Å². The second-order valence-corrected chi connectivity index (χ2v) is 4.99. The van der Waals surface area contributed by atoms with Crippen LogP contribution in [0.3, 0.4) is 0 Å². The van der Waals surface area contributed by atoms with Gasteiger partial charge in [-0.2, -0.15) is 4.98 Å². The quantitative estimate of drug-likeness (QED) is 0.830. The van der Waals surface area contributed by atoms with E-state index >= 15 is 0 Å². The third-order valence-electron chi connectivity index (χ3n) is 3.23. The van der Waals surface area contributed by atoms with E-state index in [1.165, 1.54) is 5.56 Å². The maximum Gasteiger partial charge on any atom is 0.226 e. The lowest BCUT2D eigenvalue weighted by molar-refractivity contribution is 0.359. The summed E-state index contributed by atoms with van der Waals surface area (Å²) in [7, 11) is 0. The molecule has 0 amide bonds. The predicted molar refractivity (Wildman–Crippen MR) is 74.7 cm³/mol. The Morgan fingerprint density at radius 3 is 2.74 bits per heavy atom. The van der Waals surface area contributed by atoms with E-state index in [0.29, 0.717) is 5.92 Å². The first-order valence-corrected chi connectivity index (χ1v) is 6.83. The molecule has 2 aromatic rings. The summed E-state index contributed by atoms with van der Waals surface area (Å²) in [4.78, 5) is 4.43. The van der Waals surface area contributed by atoms with Gasteiger partial charge in [0.05, 0.1) is 0 Å². The molecule has 0 aliphatic rings. The Kier molecular flexibility index (Phi) is 5.10. The lowest BCUT2D eigenvalue weighted by Crippen LogP contribution is -2.06. The minimum atomic E-state index is 0.606. The van der Waals surface area contributed by atoms with E-state index in [4.69, 9.17) is 10.3 Å². The highest BCUT2D eigenvalue weighted by Gasteiger charge is 2.09. The normalized spacial score (nSPS) is 12.5. The van der Waals surface area contributed by atoms with Gasteiger partial charge in [-0.05, 0) is 30.9 Å². The largest absolute Gasteiger partial charge is 0.339 e. The number of nitrogens with two attached hydrogens (primary N) is 1. The van der Waals surface area contributed by atoms with E-state index in [9.17, 15) is 0 Å². The van der Waals surface area contributed by atoms with E-state index in [2.05, 4.69) is 29.2 Å². The molecule has 0 aliphatic carbocycles. The second kappa shape index (κ2) is 7.04. The summed E-state index contributed by atoms with van der Waals surface area (Å²) in [6.45, 7) is 2.94. The number of hydrogen-bond acceptors (Lipinski definition) is 4. The highest BCUT2D eigenvalue weighted by Crippen LogP contribution is 2.12. The van der Waals surface area contributed by atoms with Crippen molar-refractivity contribution >= 4 is 0 Å². The van der Waals surface area contributed by atoms with Crippen LogP contribution in [0.4, 0.5) is 0 Å². The number of rotatable bonds is 7. The van der Waals surface area contributed by atoms with E-state index in [1.807, 2.05) is 18.2 Å². The highest BCUT2D eigenvalue weighted by atomic mass is 16.5. The zero-order chi connectivity index (χ0) is 13.5. The monoisotopic (exact) mass is 259 g/mol. The summed E-state index contributed by atoms with van der Waals surface area (Å²) in [5.41, 5.74) is 6.74. The van der Waals surface area contributed by atoms with Crippen LogP contribution in [0.2, 0.25) is 0 Å². The molecule has 0 aliphatic heterocycles. The van der Waals surface area contributed by atoms with Gasteiger partial charge in [0, 0.05) is 12.8 Å². The third kappa shape index (κ3) is 4.48. The van der Waals surface area contributed by atoms with Crippen molar-refractivity contribution in [2.45, 2.75) is 32.6 Å². The fourth-order valence-electron chi connectivity index (χ4n) is 2.04. The van der Waals surface area contributed by atoms with Crippen molar-refractivity contribution < 1.29 is 4.52 Å². The molecular weight excluding hydrogens is 238 g/mol. The second-order valence-electron chi connectivity index (χ2n) is 4.99. The average Bonchev–Trinajstić information content (AvgIpc) is 2.86. The zero-order valence-electron chi connectivity index (χ0n) is 11.4. The Morgan fingerprint density at radius 1 is 1.21 bits per heavy atom. The molecule has 0 spiro atoms. The van der Waals surface area contributed by atoms with Gasteiger partial charge in [-0.15, -0.1) is 0 Å². The molecule has 2 rings (SSSR count). The molecule has 1 unspecified atom stereocenters. The van der Waals surface area contributed by atoms with E-state index in [1.54, 1.807) is 0 Å². The van der Waals surface area contributed by atoms with Gasteiger partial charge in [-0.25, -0.2) is 0 Å². The van der Waals surface area contributed by atoms with Crippen LogP contribution in [0.1, 0.15) is 37.0 Å². The molecule has 1 aromatic carbocycles. The standard InChI is InChI=1S/C15H21N3O/c1-12(9-10-16)7-8-15-17-14(18-19-15)11-13-5-3-2-4-6-13/h2-6,12H,7-11,16H2,1H3. The number of hydrogen-bond donors (Lipinski definition) is 1. The molecule has 0 saturated carbocycles. The number of nitrogens with zero attached hydrogens (tertiary/aromatic N) is 2. The van der Waals surface area contributed by atoms with Gasteiger partial charge in [0.1, 0.15) is 0 Å². The maximum absolute atomic E-state index is 5.54. The number of aryl methyl sites for hydroxylation is 1. The molecule has 19 heavy (non-hydrogen) atoms. The minimum Gasteiger partial charge on any atom is -0.339 e. The van der Waals surface area contributed by atoms with Crippen molar-refractivity contribution in [3.63, 3.8) is 0 Å². The molecule has 1 heterocycles. The SMILES string of the molecule is CC(CCN)CCc1nc(Cc2ccccc2)no1. The molecule has 102 valence electrons. The zero-order valence-corrected chi connectivity index (χ0v) is 11.4. The van der Waals surface area contributed by atoms with Gasteiger partial charge >= 0.3 is 0 Å². The Balaban J connectivity index is 1.85. The summed E-state index contributed by atoms with van der Waals surface area (Å²) < 4.78 is 5.27. The Morgan fingerprint density at radius 2 is 2.00 bits per heavy atom. The average molecular weight is 259 g/mol. The molecule has 4 nitrogen and oxygen atoms in total. The topological polar surface area (TPSA) is 64.9 Å². The fraction of sp³-hybridized carbons (Fsp3) is 0.467. The molecule has 0 bridgehead atoms. The van der Waals surface area contributed by atoms with E-state index in [-0.39, 0.29) is 0 Å². The van der Waals surface area contributed by atoms with Crippen LogP contribution >= 0.6 is 0 Å². The summed E-state index contributed by atoms with van der Waals surface area (Å²) >= 11 is 0. The smallest absolute Gasteiger partial charge is 0.226 e. The van der Waals surface area contributed by atoms with Gasteiger partial charge in [-0.3, -0.25) is 0 Å². The molecule has 1 aromatic heterocycles. The van der Waals surface area contributed by atoms with E-state index in [0.717, 1.165) is 43.9 Å². The molecule has 1 atom stereocenters. The number of benzene rings is 1. The predicted octanol–water partition coefficient (Wildman–Crippen LogP) is 2.58. The molecule has 0 saturated heterocycles. The first kappa shape index (κ1) is 13.7. The molecule has 2 N–H and O–H groups in total. The lowest BCUT2D eigenvalue weighted by atomic mass is 10.0. The Labute approximate surface area is 114 Å². The van der Waals surface area contributed by atoms with Crippen LogP contribution in [0.15, 0.2) is 34.9 Å². The van der Waals surface area contributed by atoms with E-state index < -0.39 is 0 Å². The van der Waals surface area contributed by atoms with Crippen molar-refractivity contribution in [2.75, 3.05) is 6.54 Å². The van der Waals surface area contributed by atoms with Crippen LogP contribution in [-0.2, 0) is 12.8 Å². The Hall–Kier alpha value is -1.68. The summed E-state index contributed by atoms with van der Waals surface area (Å²) in [5.74, 6) is 2.09. The lowest BCUT2D eigenvalue weighted by Gasteiger charge is -2.06. The van der Waals surface area contributed by atoms with Gasteiger partial charge in [0.2, 0.25) is 5.89 Å².